The second-order valence-electron chi connectivity index (χ2n) is 4.16. The summed E-state index contributed by atoms with van der Waals surface area (Å²) >= 11 is 3.13. The molecule has 0 aliphatic rings. The van der Waals surface area contributed by atoms with Crippen LogP contribution in [0.15, 0.2) is 33.5 Å². The topological polar surface area (TPSA) is 34.9 Å². The number of halogens is 2. The van der Waals surface area contributed by atoms with Gasteiger partial charge >= 0.3 is 5.69 Å². The van der Waals surface area contributed by atoms with E-state index in [0.29, 0.717) is 16.7 Å². The number of nitrogens with zero attached hydrogens (tertiary/aromatic N) is 2. The fraction of sp³-hybridized carbons (Fsp3) is 0.231. The van der Waals surface area contributed by atoms with E-state index in [0.717, 1.165) is 11.3 Å². The van der Waals surface area contributed by atoms with Crippen LogP contribution in [-0.2, 0) is 6.54 Å². The Kier molecular flexibility index (Phi) is 3.61. The van der Waals surface area contributed by atoms with Gasteiger partial charge in [-0.3, -0.25) is 4.57 Å². The Morgan fingerprint density at radius 2 is 2.06 bits per heavy atom. The number of hydrogen-bond acceptors (Lipinski definition) is 2. The van der Waals surface area contributed by atoms with Crippen molar-refractivity contribution in [1.29, 1.82) is 0 Å². The molecule has 0 radical (unpaired) electrons. The van der Waals surface area contributed by atoms with Crippen molar-refractivity contribution in [2.75, 3.05) is 0 Å². The number of benzene rings is 1. The average Bonchev–Trinajstić information content (AvgIpc) is 2.28. The molecular formula is C13H12BrFN2O. The van der Waals surface area contributed by atoms with Gasteiger partial charge in [-0.15, -0.1) is 0 Å². The number of aryl methyl sites for hydroxylation is 2. The lowest BCUT2D eigenvalue weighted by atomic mass is 10.2. The molecule has 0 saturated heterocycles. The van der Waals surface area contributed by atoms with Gasteiger partial charge in [0.25, 0.3) is 0 Å². The normalized spacial score (nSPS) is 10.7. The Bertz CT molecular complexity index is 652. The molecule has 18 heavy (non-hydrogen) atoms. The Balaban J connectivity index is 2.40. The summed E-state index contributed by atoms with van der Waals surface area (Å²) < 4.78 is 15.1. The van der Waals surface area contributed by atoms with Crippen molar-refractivity contribution in [3.63, 3.8) is 0 Å². The van der Waals surface area contributed by atoms with Crippen molar-refractivity contribution in [3.8, 4) is 0 Å². The highest BCUT2D eigenvalue weighted by molar-refractivity contribution is 9.10. The Morgan fingerprint density at radius 3 is 2.67 bits per heavy atom. The Morgan fingerprint density at radius 1 is 1.33 bits per heavy atom. The molecule has 3 nitrogen and oxygen atoms in total. The molecule has 1 heterocycles. The van der Waals surface area contributed by atoms with Gasteiger partial charge in [-0.2, -0.15) is 4.98 Å². The van der Waals surface area contributed by atoms with E-state index in [2.05, 4.69) is 20.9 Å². The van der Waals surface area contributed by atoms with Gasteiger partial charge in [-0.05, 0) is 53.5 Å². The van der Waals surface area contributed by atoms with Crippen molar-refractivity contribution < 1.29 is 4.39 Å². The largest absolute Gasteiger partial charge is 0.348 e. The van der Waals surface area contributed by atoms with Gasteiger partial charge in [-0.1, -0.05) is 6.07 Å². The molecule has 94 valence electrons. The minimum absolute atomic E-state index is 0.284. The van der Waals surface area contributed by atoms with Crippen molar-refractivity contribution >= 4 is 15.9 Å². The molecule has 0 unspecified atom stereocenters. The van der Waals surface area contributed by atoms with E-state index in [9.17, 15) is 9.18 Å². The van der Waals surface area contributed by atoms with Crippen LogP contribution in [0.4, 0.5) is 4.39 Å². The molecule has 0 bridgehead atoms. The summed E-state index contributed by atoms with van der Waals surface area (Å²) in [5.41, 5.74) is 2.11. The summed E-state index contributed by atoms with van der Waals surface area (Å²) in [5, 5.41) is 0. The first-order valence-electron chi connectivity index (χ1n) is 5.46. The van der Waals surface area contributed by atoms with E-state index in [1.54, 1.807) is 23.6 Å². The van der Waals surface area contributed by atoms with Gasteiger partial charge in [0, 0.05) is 11.4 Å². The molecule has 1 aromatic heterocycles. The zero-order valence-electron chi connectivity index (χ0n) is 10.1. The summed E-state index contributed by atoms with van der Waals surface area (Å²) in [4.78, 5) is 15.7. The SMILES string of the molecule is Cc1cc(C)n(Cc2ccc(F)c(Br)c2)c(=O)n1. The lowest BCUT2D eigenvalue weighted by Gasteiger charge is -2.10. The molecule has 0 amide bonds. The highest BCUT2D eigenvalue weighted by atomic mass is 79.9. The van der Waals surface area contributed by atoms with Crippen LogP contribution in [0, 0.1) is 19.7 Å². The Hall–Kier alpha value is -1.49. The van der Waals surface area contributed by atoms with Crippen LogP contribution in [0.3, 0.4) is 0 Å². The van der Waals surface area contributed by atoms with Crippen LogP contribution in [-0.4, -0.2) is 9.55 Å². The summed E-state index contributed by atoms with van der Waals surface area (Å²) in [5.74, 6) is -0.315. The third kappa shape index (κ3) is 2.67. The van der Waals surface area contributed by atoms with E-state index >= 15 is 0 Å². The molecule has 0 fully saturated rings. The Labute approximate surface area is 112 Å². The van der Waals surface area contributed by atoms with E-state index in [-0.39, 0.29) is 11.5 Å². The van der Waals surface area contributed by atoms with Gasteiger partial charge in [0.1, 0.15) is 5.82 Å². The molecule has 2 aromatic rings. The molecule has 5 heteroatoms. The molecule has 0 atom stereocenters. The van der Waals surface area contributed by atoms with Crippen LogP contribution in [0.2, 0.25) is 0 Å². The maximum absolute atomic E-state index is 13.1. The summed E-state index contributed by atoms with van der Waals surface area (Å²) in [6.45, 7) is 4.03. The van der Waals surface area contributed by atoms with Gasteiger partial charge < -0.3 is 0 Å². The lowest BCUT2D eigenvalue weighted by Crippen LogP contribution is -2.26. The number of aromatic nitrogens is 2. The van der Waals surface area contributed by atoms with Crippen molar-refractivity contribution in [2.24, 2.45) is 0 Å². The molecule has 1 aromatic carbocycles. The van der Waals surface area contributed by atoms with Crippen molar-refractivity contribution in [2.45, 2.75) is 20.4 Å². The maximum Gasteiger partial charge on any atom is 0.348 e. The van der Waals surface area contributed by atoms with Crippen LogP contribution < -0.4 is 5.69 Å². The van der Waals surface area contributed by atoms with Gasteiger partial charge in [0.15, 0.2) is 0 Å². The molecule has 0 saturated carbocycles. The van der Waals surface area contributed by atoms with Gasteiger partial charge in [0.2, 0.25) is 0 Å². The standard InChI is InChI=1S/C13H12BrFN2O/c1-8-5-9(2)17(13(18)16-8)7-10-3-4-12(15)11(14)6-10/h3-6H,7H2,1-2H3. The fourth-order valence-electron chi connectivity index (χ4n) is 1.79. The fourth-order valence-corrected chi connectivity index (χ4v) is 2.21. The highest BCUT2D eigenvalue weighted by Gasteiger charge is 2.06. The van der Waals surface area contributed by atoms with Crippen molar-refractivity contribution in [3.05, 3.63) is 62.0 Å². The van der Waals surface area contributed by atoms with Crippen LogP contribution >= 0.6 is 15.9 Å². The smallest absolute Gasteiger partial charge is 0.292 e. The minimum Gasteiger partial charge on any atom is -0.292 e. The van der Waals surface area contributed by atoms with Crippen LogP contribution in [0.1, 0.15) is 17.0 Å². The second-order valence-corrected chi connectivity index (χ2v) is 5.01. The highest BCUT2D eigenvalue weighted by Crippen LogP contribution is 2.17. The first kappa shape index (κ1) is 13.0. The monoisotopic (exact) mass is 310 g/mol. The summed E-state index contributed by atoms with van der Waals surface area (Å²) in [6.07, 6.45) is 0. The zero-order chi connectivity index (χ0) is 13.3. The number of rotatable bonds is 2. The van der Waals surface area contributed by atoms with Gasteiger partial charge in [0.05, 0.1) is 11.0 Å². The summed E-state index contributed by atoms with van der Waals surface area (Å²) in [6, 6.07) is 6.55. The first-order valence-corrected chi connectivity index (χ1v) is 6.25. The second kappa shape index (κ2) is 5.02. The van der Waals surface area contributed by atoms with Crippen LogP contribution in [0.25, 0.3) is 0 Å². The molecule has 2 rings (SSSR count). The molecule has 0 aliphatic heterocycles. The minimum atomic E-state index is -0.315. The lowest BCUT2D eigenvalue weighted by molar-refractivity contribution is 0.618. The molecule has 0 N–H and O–H groups in total. The third-order valence-corrected chi connectivity index (χ3v) is 3.28. The van der Waals surface area contributed by atoms with E-state index in [1.165, 1.54) is 6.07 Å². The molecule has 0 aliphatic carbocycles. The predicted molar refractivity (Wildman–Crippen MR) is 71.2 cm³/mol. The summed E-state index contributed by atoms with van der Waals surface area (Å²) in [7, 11) is 0. The zero-order valence-corrected chi connectivity index (χ0v) is 11.7. The average molecular weight is 311 g/mol. The quantitative estimate of drug-likeness (QED) is 0.855. The third-order valence-electron chi connectivity index (χ3n) is 2.67. The van der Waals surface area contributed by atoms with Crippen molar-refractivity contribution in [1.82, 2.24) is 9.55 Å². The molecular weight excluding hydrogens is 299 g/mol. The van der Waals surface area contributed by atoms with Crippen LogP contribution in [0.5, 0.6) is 0 Å². The van der Waals surface area contributed by atoms with Gasteiger partial charge in [-0.25, -0.2) is 9.18 Å². The van der Waals surface area contributed by atoms with E-state index < -0.39 is 0 Å². The predicted octanol–water partition coefficient (Wildman–Crippen LogP) is 2.81. The van der Waals surface area contributed by atoms with E-state index in [1.807, 2.05) is 13.0 Å². The first-order chi connectivity index (χ1) is 8.47. The number of hydrogen-bond donors (Lipinski definition) is 0. The van der Waals surface area contributed by atoms with E-state index in [4.69, 9.17) is 0 Å². The maximum atomic E-state index is 13.1. The molecule has 0 spiro atoms.